The van der Waals surface area contributed by atoms with Crippen LogP contribution in [-0.4, -0.2) is 41.9 Å². The van der Waals surface area contributed by atoms with Crippen LogP contribution >= 0.6 is 11.6 Å². The van der Waals surface area contributed by atoms with Gasteiger partial charge >= 0.3 is 0 Å². The highest BCUT2D eigenvalue weighted by molar-refractivity contribution is 6.31. The van der Waals surface area contributed by atoms with Crippen LogP contribution in [0.3, 0.4) is 0 Å². The second-order valence-electron chi connectivity index (χ2n) is 6.52. The molecule has 132 valence electrons. The first kappa shape index (κ1) is 17.9. The van der Waals surface area contributed by atoms with Crippen LogP contribution in [0, 0.1) is 12.7 Å². The number of carbonyl (C=O) groups excluding carboxylic acids is 1. The Kier molecular flexibility index (Phi) is 5.71. The van der Waals surface area contributed by atoms with Crippen LogP contribution in [0.25, 0.3) is 0 Å². The van der Waals surface area contributed by atoms with E-state index in [0.29, 0.717) is 36.6 Å². The molecule has 0 spiro atoms. The average molecular weight is 361 g/mol. The van der Waals surface area contributed by atoms with Crippen LogP contribution in [-0.2, 0) is 17.8 Å². The van der Waals surface area contributed by atoms with E-state index in [0.717, 1.165) is 18.7 Å². The standard InChI is InChI=1S/C20H22ClFN2O/c1-15-5-7-16(8-6-15)13-20(25)24-11-9-23(10-12-24)14-17-18(21)3-2-4-19(17)22/h2-8H,9-14H2,1H3. The van der Waals surface area contributed by atoms with E-state index in [1.807, 2.05) is 36.1 Å². The molecular formula is C20H22ClFN2O. The summed E-state index contributed by atoms with van der Waals surface area (Å²) in [5.41, 5.74) is 2.76. The molecule has 0 aliphatic carbocycles. The Balaban J connectivity index is 1.53. The lowest BCUT2D eigenvalue weighted by molar-refractivity contribution is -0.132. The molecule has 0 atom stereocenters. The number of aryl methyl sites for hydroxylation is 1. The minimum Gasteiger partial charge on any atom is -0.340 e. The summed E-state index contributed by atoms with van der Waals surface area (Å²) >= 11 is 6.10. The first-order valence-electron chi connectivity index (χ1n) is 8.51. The van der Waals surface area contributed by atoms with Gasteiger partial charge < -0.3 is 4.90 Å². The summed E-state index contributed by atoms with van der Waals surface area (Å²) in [6.07, 6.45) is 0.430. The lowest BCUT2D eigenvalue weighted by Crippen LogP contribution is -2.48. The van der Waals surface area contributed by atoms with Crippen LogP contribution in [0.5, 0.6) is 0 Å². The Bertz CT molecular complexity index is 720. The van der Waals surface area contributed by atoms with Crippen molar-refractivity contribution in [2.45, 2.75) is 19.9 Å². The van der Waals surface area contributed by atoms with Crippen molar-refractivity contribution in [1.29, 1.82) is 0 Å². The third-order valence-corrected chi connectivity index (χ3v) is 5.00. The molecule has 0 unspecified atom stereocenters. The van der Waals surface area contributed by atoms with E-state index in [1.54, 1.807) is 12.1 Å². The molecule has 3 nitrogen and oxygen atoms in total. The van der Waals surface area contributed by atoms with Crippen molar-refractivity contribution in [3.05, 3.63) is 70.0 Å². The molecule has 0 bridgehead atoms. The van der Waals surface area contributed by atoms with E-state index in [1.165, 1.54) is 11.6 Å². The minimum atomic E-state index is -0.273. The predicted octanol–water partition coefficient (Wildman–Crippen LogP) is 3.67. The smallest absolute Gasteiger partial charge is 0.227 e. The number of halogens is 2. The van der Waals surface area contributed by atoms with Gasteiger partial charge in [-0.1, -0.05) is 47.5 Å². The molecule has 1 aliphatic heterocycles. The summed E-state index contributed by atoms with van der Waals surface area (Å²) in [5, 5.41) is 0.456. The van der Waals surface area contributed by atoms with E-state index < -0.39 is 0 Å². The van der Waals surface area contributed by atoms with Crippen molar-refractivity contribution in [3.63, 3.8) is 0 Å². The van der Waals surface area contributed by atoms with Gasteiger partial charge in [0.2, 0.25) is 5.91 Å². The number of hydrogen-bond donors (Lipinski definition) is 0. The summed E-state index contributed by atoms with van der Waals surface area (Å²) in [4.78, 5) is 16.5. The number of nitrogens with zero attached hydrogens (tertiary/aromatic N) is 2. The monoisotopic (exact) mass is 360 g/mol. The van der Waals surface area contributed by atoms with Gasteiger partial charge in [-0.05, 0) is 24.6 Å². The fourth-order valence-corrected chi connectivity index (χ4v) is 3.28. The molecule has 0 aromatic heterocycles. The van der Waals surface area contributed by atoms with Crippen molar-refractivity contribution < 1.29 is 9.18 Å². The molecule has 1 fully saturated rings. The minimum absolute atomic E-state index is 0.146. The summed E-state index contributed by atoms with van der Waals surface area (Å²) in [5.74, 6) is -0.127. The summed E-state index contributed by atoms with van der Waals surface area (Å²) < 4.78 is 13.9. The Morgan fingerprint density at radius 3 is 2.40 bits per heavy atom. The molecule has 1 aliphatic rings. The van der Waals surface area contributed by atoms with E-state index in [4.69, 9.17) is 11.6 Å². The maximum atomic E-state index is 13.9. The average Bonchev–Trinajstić information content (AvgIpc) is 2.61. The van der Waals surface area contributed by atoms with Crippen molar-refractivity contribution in [3.8, 4) is 0 Å². The quantitative estimate of drug-likeness (QED) is 0.830. The van der Waals surface area contributed by atoms with Crippen molar-refractivity contribution >= 4 is 17.5 Å². The van der Waals surface area contributed by atoms with Gasteiger partial charge in [-0.3, -0.25) is 9.69 Å². The van der Waals surface area contributed by atoms with Gasteiger partial charge in [0.05, 0.1) is 6.42 Å². The Morgan fingerprint density at radius 1 is 1.08 bits per heavy atom. The van der Waals surface area contributed by atoms with Gasteiger partial charge in [-0.25, -0.2) is 4.39 Å². The van der Waals surface area contributed by atoms with E-state index in [9.17, 15) is 9.18 Å². The van der Waals surface area contributed by atoms with Crippen LogP contribution in [0.2, 0.25) is 5.02 Å². The molecule has 1 heterocycles. The van der Waals surface area contributed by atoms with Gasteiger partial charge in [-0.15, -0.1) is 0 Å². The van der Waals surface area contributed by atoms with Crippen LogP contribution < -0.4 is 0 Å². The molecule has 0 saturated carbocycles. The fraction of sp³-hybridized carbons (Fsp3) is 0.350. The maximum absolute atomic E-state index is 13.9. The maximum Gasteiger partial charge on any atom is 0.227 e. The van der Waals surface area contributed by atoms with Crippen molar-refractivity contribution in [2.24, 2.45) is 0 Å². The Hall–Kier alpha value is -1.91. The van der Waals surface area contributed by atoms with Crippen molar-refractivity contribution in [1.82, 2.24) is 9.80 Å². The number of benzene rings is 2. The number of hydrogen-bond acceptors (Lipinski definition) is 2. The highest BCUT2D eigenvalue weighted by atomic mass is 35.5. The third-order valence-electron chi connectivity index (χ3n) is 4.64. The van der Waals surface area contributed by atoms with E-state index in [-0.39, 0.29) is 11.7 Å². The largest absolute Gasteiger partial charge is 0.340 e. The fourth-order valence-electron chi connectivity index (χ4n) is 3.05. The normalized spacial score (nSPS) is 15.4. The Labute approximate surface area is 153 Å². The molecule has 0 N–H and O–H groups in total. The lowest BCUT2D eigenvalue weighted by atomic mass is 10.1. The van der Waals surface area contributed by atoms with Crippen molar-refractivity contribution in [2.75, 3.05) is 26.2 Å². The summed E-state index contributed by atoms with van der Waals surface area (Å²) in [6.45, 7) is 5.29. The molecule has 5 heteroatoms. The molecule has 1 amide bonds. The number of piperazine rings is 1. The second kappa shape index (κ2) is 7.98. The number of carbonyl (C=O) groups is 1. The van der Waals surface area contributed by atoms with Crippen LogP contribution in [0.1, 0.15) is 16.7 Å². The number of amides is 1. The zero-order valence-corrected chi connectivity index (χ0v) is 15.1. The lowest BCUT2D eigenvalue weighted by Gasteiger charge is -2.35. The van der Waals surface area contributed by atoms with Gasteiger partial charge in [0.25, 0.3) is 0 Å². The summed E-state index contributed by atoms with van der Waals surface area (Å²) in [6, 6.07) is 12.8. The number of rotatable bonds is 4. The molecule has 3 rings (SSSR count). The zero-order chi connectivity index (χ0) is 17.8. The van der Waals surface area contributed by atoms with E-state index in [2.05, 4.69) is 4.90 Å². The summed E-state index contributed by atoms with van der Waals surface area (Å²) in [7, 11) is 0. The molecule has 1 saturated heterocycles. The topological polar surface area (TPSA) is 23.6 Å². The molecule has 2 aromatic carbocycles. The Morgan fingerprint density at radius 2 is 1.76 bits per heavy atom. The SMILES string of the molecule is Cc1ccc(CC(=O)N2CCN(Cc3c(F)cccc3Cl)CC2)cc1. The predicted molar refractivity (Wildman–Crippen MR) is 98.2 cm³/mol. The molecule has 25 heavy (non-hydrogen) atoms. The highest BCUT2D eigenvalue weighted by Gasteiger charge is 2.22. The van der Waals surface area contributed by atoms with Crippen LogP contribution in [0.4, 0.5) is 4.39 Å². The van der Waals surface area contributed by atoms with Gasteiger partial charge in [0, 0.05) is 43.3 Å². The van der Waals surface area contributed by atoms with E-state index >= 15 is 0 Å². The first-order chi connectivity index (χ1) is 12.0. The first-order valence-corrected chi connectivity index (χ1v) is 8.89. The van der Waals surface area contributed by atoms with Crippen LogP contribution in [0.15, 0.2) is 42.5 Å². The van der Waals surface area contributed by atoms with Gasteiger partial charge in [-0.2, -0.15) is 0 Å². The third kappa shape index (κ3) is 4.59. The molecule has 0 radical (unpaired) electrons. The molecular weight excluding hydrogens is 339 g/mol. The molecule has 2 aromatic rings. The zero-order valence-electron chi connectivity index (χ0n) is 14.3. The van der Waals surface area contributed by atoms with Gasteiger partial charge in [0.1, 0.15) is 5.82 Å². The second-order valence-corrected chi connectivity index (χ2v) is 6.93. The highest BCUT2D eigenvalue weighted by Crippen LogP contribution is 2.21. The van der Waals surface area contributed by atoms with Gasteiger partial charge in [0.15, 0.2) is 0 Å².